The molecule has 1 amide bonds. The van der Waals surface area contributed by atoms with E-state index >= 15 is 0 Å². The summed E-state index contributed by atoms with van der Waals surface area (Å²) in [6, 6.07) is 4.20. The molecule has 1 aromatic carbocycles. The molecule has 2 rings (SSSR count). The minimum absolute atomic E-state index is 0.0431. The van der Waals surface area contributed by atoms with Crippen LogP contribution in [0.15, 0.2) is 18.2 Å². The van der Waals surface area contributed by atoms with Crippen molar-refractivity contribution in [1.82, 2.24) is 0 Å². The summed E-state index contributed by atoms with van der Waals surface area (Å²) in [6.07, 6.45) is 0. The molecular weight excluding hydrogens is 244 g/mol. The number of hydrogen-bond donors (Lipinski definition) is 1. The summed E-state index contributed by atoms with van der Waals surface area (Å²) >= 11 is 4.06. The van der Waals surface area contributed by atoms with Crippen molar-refractivity contribution in [1.29, 1.82) is 0 Å². The van der Waals surface area contributed by atoms with Crippen molar-refractivity contribution in [2.75, 3.05) is 23.8 Å². The van der Waals surface area contributed by atoms with E-state index in [-0.39, 0.29) is 18.2 Å². The van der Waals surface area contributed by atoms with Gasteiger partial charge in [0.1, 0.15) is 5.75 Å². The number of carbonyl (C=O) groups excluding carboxylic acids is 1. The fraction of sp³-hybridized carbons (Fsp3) is 0.300. The number of nitro groups is 1. The highest BCUT2D eigenvalue weighted by atomic mass is 32.1. The first kappa shape index (κ1) is 11.7. The normalized spacial score (nSPS) is 14.2. The summed E-state index contributed by atoms with van der Waals surface area (Å²) in [5, 5.41) is 10.7. The van der Waals surface area contributed by atoms with Gasteiger partial charge in [-0.05, 0) is 6.07 Å². The Labute approximate surface area is 103 Å². The van der Waals surface area contributed by atoms with E-state index in [1.54, 1.807) is 0 Å². The number of nitrogens with zero attached hydrogens (tertiary/aromatic N) is 2. The van der Waals surface area contributed by atoms with Crippen LogP contribution in [0.4, 0.5) is 11.4 Å². The van der Waals surface area contributed by atoms with Crippen LogP contribution < -0.4 is 9.64 Å². The molecule has 1 heterocycles. The number of nitro benzene ring substituents is 1. The van der Waals surface area contributed by atoms with Crippen molar-refractivity contribution in [3.05, 3.63) is 28.3 Å². The highest BCUT2D eigenvalue weighted by Crippen LogP contribution is 2.34. The van der Waals surface area contributed by atoms with Crippen LogP contribution in [0.2, 0.25) is 0 Å². The molecule has 0 aliphatic carbocycles. The van der Waals surface area contributed by atoms with Crippen LogP contribution in [0.3, 0.4) is 0 Å². The molecule has 0 saturated carbocycles. The zero-order valence-corrected chi connectivity index (χ0v) is 9.72. The molecule has 1 aliphatic heterocycles. The second-order valence-corrected chi connectivity index (χ2v) is 3.91. The third-order valence-electron chi connectivity index (χ3n) is 2.42. The highest BCUT2D eigenvalue weighted by molar-refractivity contribution is 7.80. The minimum Gasteiger partial charge on any atom is -0.482 e. The second-order valence-electron chi connectivity index (χ2n) is 3.47. The van der Waals surface area contributed by atoms with Gasteiger partial charge in [0.05, 0.1) is 10.6 Å². The third kappa shape index (κ3) is 2.19. The Bertz CT molecular complexity index is 477. The highest BCUT2D eigenvalue weighted by Gasteiger charge is 2.26. The zero-order chi connectivity index (χ0) is 12.4. The van der Waals surface area contributed by atoms with Crippen LogP contribution in [-0.2, 0) is 4.79 Å². The fourth-order valence-electron chi connectivity index (χ4n) is 1.65. The molecule has 90 valence electrons. The Kier molecular flexibility index (Phi) is 3.19. The topological polar surface area (TPSA) is 72.7 Å². The molecular formula is C10H10N2O4S. The molecule has 1 aliphatic rings. The summed E-state index contributed by atoms with van der Waals surface area (Å²) in [5.74, 6) is 0.748. The first-order chi connectivity index (χ1) is 8.13. The van der Waals surface area contributed by atoms with Gasteiger partial charge in [0, 0.05) is 24.4 Å². The maximum absolute atomic E-state index is 11.6. The van der Waals surface area contributed by atoms with E-state index < -0.39 is 4.92 Å². The number of hydrogen-bond acceptors (Lipinski definition) is 5. The third-order valence-corrected chi connectivity index (χ3v) is 2.62. The van der Waals surface area contributed by atoms with Gasteiger partial charge in [-0.2, -0.15) is 12.6 Å². The maximum Gasteiger partial charge on any atom is 0.271 e. The lowest BCUT2D eigenvalue weighted by molar-refractivity contribution is -0.384. The summed E-state index contributed by atoms with van der Waals surface area (Å²) in [5.41, 5.74) is 0.371. The molecule has 0 unspecified atom stereocenters. The van der Waals surface area contributed by atoms with Crippen molar-refractivity contribution < 1.29 is 14.5 Å². The molecule has 1 aromatic rings. The second kappa shape index (κ2) is 4.62. The number of rotatable bonds is 3. The monoisotopic (exact) mass is 254 g/mol. The van der Waals surface area contributed by atoms with E-state index in [0.29, 0.717) is 23.7 Å². The van der Waals surface area contributed by atoms with Gasteiger partial charge in [-0.3, -0.25) is 14.9 Å². The molecule has 0 fully saturated rings. The number of anilines is 1. The van der Waals surface area contributed by atoms with Crippen LogP contribution in [0.25, 0.3) is 0 Å². The Morgan fingerprint density at radius 1 is 1.53 bits per heavy atom. The van der Waals surface area contributed by atoms with Crippen LogP contribution in [0, 0.1) is 10.1 Å². The van der Waals surface area contributed by atoms with Gasteiger partial charge in [-0.1, -0.05) is 0 Å². The van der Waals surface area contributed by atoms with Gasteiger partial charge in [0.2, 0.25) is 0 Å². The van der Waals surface area contributed by atoms with E-state index in [1.807, 2.05) is 0 Å². The number of benzene rings is 1. The number of amides is 1. The van der Waals surface area contributed by atoms with Crippen molar-refractivity contribution in [2.24, 2.45) is 0 Å². The van der Waals surface area contributed by atoms with Crippen LogP contribution >= 0.6 is 12.6 Å². The Morgan fingerprint density at radius 3 is 2.94 bits per heavy atom. The molecule has 0 aromatic heterocycles. The molecule has 0 spiro atoms. The Morgan fingerprint density at radius 2 is 2.29 bits per heavy atom. The maximum atomic E-state index is 11.6. The molecule has 6 nitrogen and oxygen atoms in total. The van der Waals surface area contributed by atoms with Crippen molar-refractivity contribution in [3.63, 3.8) is 0 Å². The molecule has 0 radical (unpaired) electrons. The number of thiol groups is 1. The molecule has 0 N–H and O–H groups in total. The Hall–Kier alpha value is -1.76. The van der Waals surface area contributed by atoms with Crippen LogP contribution in [-0.4, -0.2) is 29.7 Å². The fourth-order valence-corrected chi connectivity index (χ4v) is 1.85. The van der Waals surface area contributed by atoms with E-state index in [4.69, 9.17) is 4.74 Å². The van der Waals surface area contributed by atoms with Gasteiger partial charge < -0.3 is 9.64 Å². The standard InChI is InChI=1S/C10H10N2O4S/c13-10-6-16-9-2-1-7(12(14)15)5-8(9)11(10)3-4-17/h1-2,5,17H,3-4,6H2. The smallest absolute Gasteiger partial charge is 0.271 e. The predicted octanol–water partition coefficient (Wildman–Crippen LogP) is 1.25. The van der Waals surface area contributed by atoms with Gasteiger partial charge in [0.15, 0.2) is 6.61 Å². The first-order valence-electron chi connectivity index (χ1n) is 4.96. The molecule has 0 bridgehead atoms. The quantitative estimate of drug-likeness (QED) is 0.500. The lowest BCUT2D eigenvalue weighted by Crippen LogP contribution is -2.40. The van der Waals surface area contributed by atoms with E-state index in [1.165, 1.54) is 23.1 Å². The average molecular weight is 254 g/mol. The van der Waals surface area contributed by atoms with E-state index in [9.17, 15) is 14.9 Å². The zero-order valence-electron chi connectivity index (χ0n) is 8.83. The molecule has 7 heteroatoms. The summed E-state index contributed by atoms with van der Waals surface area (Å²) in [4.78, 5) is 23.3. The van der Waals surface area contributed by atoms with Crippen molar-refractivity contribution in [3.8, 4) is 5.75 Å². The van der Waals surface area contributed by atoms with Gasteiger partial charge in [-0.25, -0.2) is 0 Å². The number of carbonyl (C=O) groups is 1. The van der Waals surface area contributed by atoms with Gasteiger partial charge in [-0.15, -0.1) is 0 Å². The molecule has 17 heavy (non-hydrogen) atoms. The number of ether oxygens (including phenoxy) is 1. The SMILES string of the molecule is O=C1COc2ccc([N+](=O)[O-])cc2N1CCS. The largest absolute Gasteiger partial charge is 0.482 e. The van der Waals surface area contributed by atoms with Gasteiger partial charge >= 0.3 is 0 Å². The van der Waals surface area contributed by atoms with Crippen molar-refractivity contribution >= 4 is 29.9 Å². The van der Waals surface area contributed by atoms with E-state index in [2.05, 4.69) is 12.6 Å². The molecule has 0 atom stereocenters. The number of non-ortho nitro benzene ring substituents is 1. The lowest BCUT2D eigenvalue weighted by atomic mass is 10.2. The van der Waals surface area contributed by atoms with Crippen LogP contribution in [0.1, 0.15) is 0 Å². The molecule has 0 saturated heterocycles. The van der Waals surface area contributed by atoms with Crippen molar-refractivity contribution in [2.45, 2.75) is 0 Å². The minimum atomic E-state index is -0.502. The summed E-state index contributed by atoms with van der Waals surface area (Å²) in [6.45, 7) is 0.359. The average Bonchev–Trinajstić information content (AvgIpc) is 2.32. The first-order valence-corrected chi connectivity index (χ1v) is 5.59. The van der Waals surface area contributed by atoms with Gasteiger partial charge in [0.25, 0.3) is 11.6 Å². The Balaban J connectivity index is 2.44. The van der Waals surface area contributed by atoms with Crippen LogP contribution in [0.5, 0.6) is 5.75 Å². The lowest BCUT2D eigenvalue weighted by Gasteiger charge is -2.28. The number of fused-ring (bicyclic) bond motifs is 1. The predicted molar refractivity (Wildman–Crippen MR) is 64.8 cm³/mol. The summed E-state index contributed by atoms with van der Waals surface area (Å²) < 4.78 is 5.21. The summed E-state index contributed by atoms with van der Waals surface area (Å²) in [7, 11) is 0. The van der Waals surface area contributed by atoms with E-state index in [0.717, 1.165) is 0 Å².